The smallest absolute Gasteiger partial charge is 0.313 e. The Kier molecular flexibility index (Phi) is 7.62. The fourth-order valence-corrected chi connectivity index (χ4v) is 3.43. The van der Waals surface area contributed by atoms with Crippen molar-refractivity contribution in [2.45, 2.75) is 12.8 Å². The van der Waals surface area contributed by atoms with E-state index in [2.05, 4.69) is 0 Å². The van der Waals surface area contributed by atoms with Crippen LogP contribution in [0.4, 0.5) is 11.4 Å². The molecule has 0 heterocycles. The van der Waals surface area contributed by atoms with Crippen LogP contribution in [0.25, 0.3) is 10.8 Å². The Labute approximate surface area is 186 Å². The van der Waals surface area contributed by atoms with E-state index in [9.17, 15) is 20.0 Å². The van der Waals surface area contributed by atoms with Crippen LogP contribution >= 0.6 is 0 Å². The molecule has 3 rings (SSSR count). The number of non-ortho nitro benzene ring substituents is 1. The predicted molar refractivity (Wildman–Crippen MR) is 122 cm³/mol. The highest BCUT2D eigenvalue weighted by molar-refractivity contribution is 5.86. The van der Waals surface area contributed by atoms with E-state index in [1.807, 2.05) is 41.3 Å². The molecule has 8 nitrogen and oxygen atoms in total. The van der Waals surface area contributed by atoms with Gasteiger partial charge in [0.25, 0.3) is 5.69 Å². The van der Waals surface area contributed by atoms with Gasteiger partial charge in [0.1, 0.15) is 12.4 Å². The SMILES string of the molecule is COc1ccc2cc(C(C)C(=O)OCCN(CCO)c3ccc([N+](=O)[O-])cc3)ccc2c1. The average Bonchev–Trinajstić information content (AvgIpc) is 2.82. The number of aliphatic hydroxyl groups excluding tert-OH is 1. The van der Waals surface area contributed by atoms with Crippen LogP contribution in [-0.2, 0) is 9.53 Å². The number of esters is 1. The summed E-state index contributed by atoms with van der Waals surface area (Å²) < 4.78 is 10.7. The first kappa shape index (κ1) is 23.0. The molecular weight excluding hydrogens is 412 g/mol. The highest BCUT2D eigenvalue weighted by Crippen LogP contribution is 2.26. The molecule has 0 saturated heterocycles. The molecule has 0 aliphatic carbocycles. The number of anilines is 1. The number of benzene rings is 3. The van der Waals surface area contributed by atoms with E-state index in [0.717, 1.165) is 22.1 Å². The molecular formula is C24H26N2O6. The van der Waals surface area contributed by atoms with E-state index in [1.54, 1.807) is 26.2 Å². The molecule has 0 radical (unpaired) electrons. The van der Waals surface area contributed by atoms with E-state index in [-0.39, 0.29) is 24.9 Å². The fraction of sp³-hybridized carbons (Fsp3) is 0.292. The summed E-state index contributed by atoms with van der Waals surface area (Å²) in [5.74, 6) is -0.00385. The number of carbonyl (C=O) groups is 1. The van der Waals surface area contributed by atoms with Crippen LogP contribution in [0.3, 0.4) is 0 Å². The third-order valence-electron chi connectivity index (χ3n) is 5.33. The van der Waals surface area contributed by atoms with Gasteiger partial charge in [-0.2, -0.15) is 0 Å². The molecule has 1 unspecified atom stereocenters. The van der Waals surface area contributed by atoms with Gasteiger partial charge < -0.3 is 19.5 Å². The Morgan fingerprint density at radius 2 is 1.75 bits per heavy atom. The van der Waals surface area contributed by atoms with E-state index in [4.69, 9.17) is 9.47 Å². The maximum atomic E-state index is 12.6. The van der Waals surface area contributed by atoms with E-state index < -0.39 is 10.8 Å². The van der Waals surface area contributed by atoms with Crippen LogP contribution in [0.15, 0.2) is 60.7 Å². The van der Waals surface area contributed by atoms with Crippen LogP contribution in [0.2, 0.25) is 0 Å². The first-order chi connectivity index (χ1) is 15.4. The minimum atomic E-state index is -0.466. The number of fused-ring (bicyclic) bond motifs is 1. The van der Waals surface area contributed by atoms with Gasteiger partial charge in [0.05, 0.1) is 31.1 Å². The Balaban J connectivity index is 1.60. The zero-order valence-corrected chi connectivity index (χ0v) is 18.1. The second kappa shape index (κ2) is 10.6. The van der Waals surface area contributed by atoms with Gasteiger partial charge in [0, 0.05) is 24.4 Å². The van der Waals surface area contributed by atoms with Crippen LogP contribution < -0.4 is 9.64 Å². The summed E-state index contributed by atoms with van der Waals surface area (Å²) >= 11 is 0. The lowest BCUT2D eigenvalue weighted by atomic mass is 9.98. The lowest BCUT2D eigenvalue weighted by molar-refractivity contribution is -0.384. The van der Waals surface area contributed by atoms with E-state index in [1.165, 1.54) is 12.1 Å². The number of ether oxygens (including phenoxy) is 2. The van der Waals surface area contributed by atoms with Gasteiger partial charge in [-0.15, -0.1) is 0 Å². The molecule has 0 saturated carbocycles. The Morgan fingerprint density at radius 1 is 1.06 bits per heavy atom. The van der Waals surface area contributed by atoms with Crippen molar-refractivity contribution in [1.29, 1.82) is 0 Å². The fourth-order valence-electron chi connectivity index (χ4n) is 3.43. The first-order valence-electron chi connectivity index (χ1n) is 10.3. The summed E-state index contributed by atoms with van der Waals surface area (Å²) in [7, 11) is 1.62. The monoisotopic (exact) mass is 438 g/mol. The van der Waals surface area contributed by atoms with Crippen LogP contribution in [0, 0.1) is 10.1 Å². The third kappa shape index (κ3) is 5.53. The Morgan fingerprint density at radius 3 is 2.41 bits per heavy atom. The van der Waals surface area contributed by atoms with Crippen LogP contribution in [-0.4, -0.2) is 49.4 Å². The number of nitrogens with zero attached hydrogens (tertiary/aromatic N) is 2. The van der Waals surface area contributed by atoms with Gasteiger partial charge in [-0.25, -0.2) is 0 Å². The minimum Gasteiger partial charge on any atom is -0.497 e. The second-order valence-corrected chi connectivity index (χ2v) is 7.35. The number of carbonyl (C=O) groups excluding carboxylic acids is 1. The number of hydrogen-bond acceptors (Lipinski definition) is 7. The quantitative estimate of drug-likeness (QED) is 0.291. The van der Waals surface area contributed by atoms with Gasteiger partial charge in [-0.05, 0) is 47.5 Å². The molecule has 0 aromatic heterocycles. The summed E-state index contributed by atoms with van der Waals surface area (Å²) in [4.78, 5) is 24.8. The number of aliphatic hydroxyl groups is 1. The van der Waals surface area contributed by atoms with Gasteiger partial charge in [-0.3, -0.25) is 14.9 Å². The number of rotatable bonds is 10. The summed E-state index contributed by atoms with van der Waals surface area (Å²) in [5, 5.41) is 22.2. The molecule has 32 heavy (non-hydrogen) atoms. The highest BCUT2D eigenvalue weighted by atomic mass is 16.6. The average molecular weight is 438 g/mol. The summed E-state index contributed by atoms with van der Waals surface area (Å²) in [6.07, 6.45) is 0. The zero-order chi connectivity index (χ0) is 23.1. The number of hydrogen-bond donors (Lipinski definition) is 1. The normalized spacial score (nSPS) is 11.7. The lowest BCUT2D eigenvalue weighted by Gasteiger charge is -2.24. The molecule has 0 aliphatic heterocycles. The van der Waals surface area contributed by atoms with Crippen molar-refractivity contribution in [2.24, 2.45) is 0 Å². The van der Waals surface area contributed by atoms with Crippen LogP contribution in [0.5, 0.6) is 5.75 Å². The molecule has 3 aromatic carbocycles. The second-order valence-electron chi connectivity index (χ2n) is 7.35. The van der Waals surface area contributed by atoms with Crippen molar-refractivity contribution in [3.05, 3.63) is 76.3 Å². The first-order valence-corrected chi connectivity index (χ1v) is 10.3. The van der Waals surface area contributed by atoms with Gasteiger partial charge in [-0.1, -0.05) is 24.3 Å². The molecule has 0 bridgehead atoms. The lowest BCUT2D eigenvalue weighted by Crippen LogP contribution is -2.31. The Bertz CT molecular complexity index is 1080. The minimum absolute atomic E-state index is 0.00761. The van der Waals surface area contributed by atoms with E-state index in [0.29, 0.717) is 18.8 Å². The predicted octanol–water partition coefficient (Wildman–Crippen LogP) is 3.90. The maximum Gasteiger partial charge on any atom is 0.313 e. The van der Waals surface area contributed by atoms with Crippen molar-refractivity contribution in [2.75, 3.05) is 38.3 Å². The number of methoxy groups -OCH3 is 1. The summed E-state index contributed by atoms with van der Waals surface area (Å²) in [6, 6.07) is 17.6. The highest BCUT2D eigenvalue weighted by Gasteiger charge is 2.18. The van der Waals surface area contributed by atoms with Gasteiger partial charge in [0.2, 0.25) is 0 Å². The Hall–Kier alpha value is -3.65. The standard InChI is InChI=1S/C24H26N2O6/c1-17(18-3-4-20-16-23(31-2)10-5-19(20)15-18)24(28)32-14-12-25(11-13-27)21-6-8-22(9-7-21)26(29)30/h3-10,15-17,27H,11-14H2,1-2H3. The largest absolute Gasteiger partial charge is 0.497 e. The third-order valence-corrected chi connectivity index (χ3v) is 5.33. The van der Waals surface area contributed by atoms with Crippen molar-refractivity contribution < 1.29 is 24.3 Å². The number of nitro benzene ring substituents is 1. The molecule has 0 fully saturated rings. The maximum absolute atomic E-state index is 12.6. The summed E-state index contributed by atoms with van der Waals surface area (Å²) in [6.45, 7) is 2.51. The van der Waals surface area contributed by atoms with Crippen molar-refractivity contribution >= 4 is 28.1 Å². The van der Waals surface area contributed by atoms with Crippen molar-refractivity contribution in [3.63, 3.8) is 0 Å². The van der Waals surface area contributed by atoms with Gasteiger partial charge >= 0.3 is 5.97 Å². The summed E-state index contributed by atoms with van der Waals surface area (Å²) in [5.41, 5.74) is 1.56. The molecule has 1 N–H and O–H groups in total. The van der Waals surface area contributed by atoms with Crippen LogP contribution in [0.1, 0.15) is 18.4 Å². The molecule has 3 aromatic rings. The molecule has 0 spiro atoms. The van der Waals surface area contributed by atoms with Gasteiger partial charge in [0.15, 0.2) is 0 Å². The molecule has 8 heteroatoms. The topological polar surface area (TPSA) is 102 Å². The molecule has 1 atom stereocenters. The molecule has 0 aliphatic rings. The number of nitro groups is 1. The van der Waals surface area contributed by atoms with E-state index >= 15 is 0 Å². The molecule has 168 valence electrons. The zero-order valence-electron chi connectivity index (χ0n) is 18.1. The molecule has 0 amide bonds. The van der Waals surface area contributed by atoms with Crippen molar-refractivity contribution in [3.8, 4) is 5.75 Å². The van der Waals surface area contributed by atoms with Crippen molar-refractivity contribution in [1.82, 2.24) is 0 Å².